The van der Waals surface area contributed by atoms with Crippen LogP contribution in [0.5, 0.6) is 0 Å². The molecule has 0 bridgehead atoms. The summed E-state index contributed by atoms with van der Waals surface area (Å²) < 4.78 is 19.5. The number of ether oxygens (including phenoxy) is 1. The lowest BCUT2D eigenvalue weighted by molar-refractivity contribution is -0.137. The van der Waals surface area contributed by atoms with E-state index in [1.807, 2.05) is 0 Å². The average Bonchev–Trinajstić information content (AvgIpc) is 2.81. The van der Waals surface area contributed by atoms with E-state index in [-0.39, 0.29) is 6.61 Å². The first-order chi connectivity index (χ1) is 9.15. The lowest BCUT2D eigenvalue weighted by Crippen LogP contribution is -2.18. The molecule has 0 fully saturated rings. The number of rotatable bonds is 4. The molecule has 1 aromatic heterocycles. The van der Waals surface area contributed by atoms with Crippen molar-refractivity contribution < 1.29 is 18.7 Å². The van der Waals surface area contributed by atoms with Crippen molar-refractivity contribution in [2.45, 2.75) is 6.92 Å². The predicted octanol–water partition coefficient (Wildman–Crippen LogP) is 1.76. The largest absolute Gasteiger partial charge is 0.460 e. The molecule has 0 aliphatic heterocycles. The van der Waals surface area contributed by atoms with Crippen molar-refractivity contribution in [3.63, 3.8) is 0 Å². The number of benzene rings is 1. The number of carbonyl (C=O) groups is 2. The fraction of sp³-hybridized carbons (Fsp3) is 0.154. The Morgan fingerprint density at radius 3 is 2.63 bits per heavy atom. The van der Waals surface area contributed by atoms with Gasteiger partial charge in [-0.15, -0.1) is 0 Å². The summed E-state index contributed by atoms with van der Waals surface area (Å²) in [6.45, 7) is 1.62. The Hall–Kier alpha value is -2.50. The van der Waals surface area contributed by atoms with Gasteiger partial charge in [0.1, 0.15) is 5.56 Å². The second-order valence-electron chi connectivity index (χ2n) is 3.65. The number of hydrogen-bond acceptors (Lipinski definition) is 4. The van der Waals surface area contributed by atoms with Gasteiger partial charge in [0.05, 0.1) is 18.5 Å². The molecule has 2 rings (SSSR count). The maximum atomic E-state index is 14.0. The molecule has 0 saturated heterocycles. The quantitative estimate of drug-likeness (QED) is 0.478. The second kappa shape index (κ2) is 5.43. The van der Waals surface area contributed by atoms with Gasteiger partial charge in [-0.2, -0.15) is 9.49 Å². The van der Waals surface area contributed by atoms with Crippen LogP contribution in [-0.4, -0.2) is 28.1 Å². The van der Waals surface area contributed by atoms with E-state index in [1.54, 1.807) is 37.3 Å². The minimum absolute atomic E-state index is 0.0546. The van der Waals surface area contributed by atoms with E-state index in [4.69, 9.17) is 0 Å². The van der Waals surface area contributed by atoms with Gasteiger partial charge in [0, 0.05) is 0 Å². The normalized spacial score (nSPS) is 10.2. The average molecular weight is 262 g/mol. The Morgan fingerprint density at radius 2 is 2.00 bits per heavy atom. The summed E-state index contributed by atoms with van der Waals surface area (Å²) in [5, 5.41) is 3.76. The second-order valence-corrected chi connectivity index (χ2v) is 3.65. The van der Waals surface area contributed by atoms with E-state index in [9.17, 15) is 14.0 Å². The van der Waals surface area contributed by atoms with E-state index < -0.39 is 23.3 Å². The molecule has 98 valence electrons. The highest BCUT2D eigenvalue weighted by Gasteiger charge is 2.25. The van der Waals surface area contributed by atoms with E-state index in [0.29, 0.717) is 5.69 Å². The first-order valence-electron chi connectivity index (χ1n) is 5.65. The summed E-state index contributed by atoms with van der Waals surface area (Å²) in [6, 6.07) is 8.46. The van der Waals surface area contributed by atoms with Crippen molar-refractivity contribution in [2.24, 2.45) is 0 Å². The first kappa shape index (κ1) is 12.9. The summed E-state index contributed by atoms with van der Waals surface area (Å²) in [5.41, 5.74) is 0.0604. The Morgan fingerprint density at radius 1 is 1.32 bits per heavy atom. The summed E-state index contributed by atoms with van der Waals surface area (Å²) in [7, 11) is 0. The monoisotopic (exact) mass is 262 g/mol. The standard InChI is InChI=1S/C13H11FN2O3/c1-2-19-13(18)11(17)10-8-15-16(12(10)14)9-6-4-3-5-7-9/h3-8H,2H2,1H3. The number of ketones is 1. The molecule has 0 radical (unpaired) electrons. The van der Waals surface area contributed by atoms with Crippen LogP contribution in [0, 0.1) is 5.95 Å². The summed E-state index contributed by atoms with van der Waals surface area (Å²) in [4.78, 5) is 22.9. The van der Waals surface area contributed by atoms with Gasteiger partial charge in [0.15, 0.2) is 0 Å². The van der Waals surface area contributed by atoms with Gasteiger partial charge in [-0.3, -0.25) is 4.79 Å². The first-order valence-corrected chi connectivity index (χ1v) is 5.65. The van der Waals surface area contributed by atoms with Gasteiger partial charge >= 0.3 is 5.97 Å². The molecule has 0 aliphatic rings. The third-order valence-corrected chi connectivity index (χ3v) is 2.42. The fourth-order valence-corrected chi connectivity index (χ4v) is 1.54. The number of aromatic nitrogens is 2. The molecule has 2 aromatic rings. The Labute approximate surface area is 108 Å². The van der Waals surface area contributed by atoms with Crippen LogP contribution < -0.4 is 0 Å². The molecule has 19 heavy (non-hydrogen) atoms. The molecule has 0 atom stereocenters. The van der Waals surface area contributed by atoms with Gasteiger partial charge in [-0.25, -0.2) is 9.48 Å². The third-order valence-electron chi connectivity index (χ3n) is 2.42. The minimum Gasteiger partial charge on any atom is -0.460 e. The molecule has 5 nitrogen and oxygen atoms in total. The number of nitrogens with zero attached hydrogens (tertiary/aromatic N) is 2. The highest BCUT2D eigenvalue weighted by Crippen LogP contribution is 2.14. The molecule has 0 aliphatic carbocycles. The van der Waals surface area contributed by atoms with E-state index in [2.05, 4.69) is 9.84 Å². The molecule has 6 heteroatoms. The molecule has 1 heterocycles. The molecule has 0 saturated carbocycles. The van der Waals surface area contributed by atoms with Crippen molar-refractivity contribution in [1.82, 2.24) is 9.78 Å². The summed E-state index contributed by atoms with van der Waals surface area (Å²) in [6.07, 6.45) is 1.02. The van der Waals surface area contributed by atoms with Crippen molar-refractivity contribution in [3.05, 3.63) is 48.0 Å². The van der Waals surface area contributed by atoms with Crippen LogP contribution in [0.2, 0.25) is 0 Å². The van der Waals surface area contributed by atoms with Gasteiger partial charge in [-0.1, -0.05) is 18.2 Å². The molecule has 0 spiro atoms. The van der Waals surface area contributed by atoms with E-state index in [1.165, 1.54) is 0 Å². The molecular weight excluding hydrogens is 251 g/mol. The van der Waals surface area contributed by atoms with Crippen molar-refractivity contribution in [1.29, 1.82) is 0 Å². The maximum Gasteiger partial charge on any atom is 0.379 e. The molecular formula is C13H11FN2O3. The van der Waals surface area contributed by atoms with Gasteiger partial charge in [-0.05, 0) is 19.1 Å². The molecule has 1 aromatic carbocycles. The molecule has 0 N–H and O–H groups in total. The summed E-state index contributed by atoms with van der Waals surface area (Å²) >= 11 is 0. The number of para-hydroxylation sites is 1. The molecule has 0 unspecified atom stereocenters. The number of hydrogen-bond donors (Lipinski definition) is 0. The number of Topliss-reactive ketones (excluding diaryl/α,β-unsaturated/α-hetero) is 1. The zero-order valence-electron chi connectivity index (χ0n) is 10.2. The maximum absolute atomic E-state index is 14.0. The van der Waals surface area contributed by atoms with Crippen LogP contribution in [0.4, 0.5) is 4.39 Å². The van der Waals surface area contributed by atoms with Crippen LogP contribution in [0.25, 0.3) is 5.69 Å². The number of halogens is 1. The third kappa shape index (κ3) is 2.52. The Kier molecular flexibility index (Phi) is 3.70. The van der Waals surface area contributed by atoms with Crippen LogP contribution in [0.3, 0.4) is 0 Å². The van der Waals surface area contributed by atoms with Gasteiger partial charge < -0.3 is 4.74 Å². The van der Waals surface area contributed by atoms with Crippen LogP contribution in [0.1, 0.15) is 17.3 Å². The highest BCUT2D eigenvalue weighted by molar-refractivity contribution is 6.40. The topological polar surface area (TPSA) is 61.2 Å². The van der Waals surface area contributed by atoms with Crippen molar-refractivity contribution >= 4 is 11.8 Å². The van der Waals surface area contributed by atoms with Gasteiger partial charge in [0.2, 0.25) is 5.95 Å². The van der Waals surface area contributed by atoms with Gasteiger partial charge in [0.25, 0.3) is 5.78 Å². The van der Waals surface area contributed by atoms with Crippen LogP contribution in [-0.2, 0) is 9.53 Å². The number of esters is 1. The van der Waals surface area contributed by atoms with E-state index >= 15 is 0 Å². The van der Waals surface area contributed by atoms with Crippen molar-refractivity contribution in [3.8, 4) is 5.69 Å². The Balaban J connectivity index is 2.34. The van der Waals surface area contributed by atoms with Crippen LogP contribution in [0.15, 0.2) is 36.5 Å². The lowest BCUT2D eigenvalue weighted by atomic mass is 10.2. The zero-order valence-corrected chi connectivity index (χ0v) is 10.2. The minimum atomic E-state index is -1.09. The smallest absolute Gasteiger partial charge is 0.379 e. The predicted molar refractivity (Wildman–Crippen MR) is 64.5 cm³/mol. The van der Waals surface area contributed by atoms with Crippen molar-refractivity contribution in [2.75, 3.05) is 6.61 Å². The highest BCUT2D eigenvalue weighted by atomic mass is 19.1. The zero-order chi connectivity index (χ0) is 13.8. The SMILES string of the molecule is CCOC(=O)C(=O)c1cnn(-c2ccccc2)c1F. The summed E-state index contributed by atoms with van der Waals surface area (Å²) in [5.74, 6) is -3.01. The Bertz CT molecular complexity index is 608. The van der Waals surface area contributed by atoms with Crippen LogP contribution >= 0.6 is 0 Å². The van der Waals surface area contributed by atoms with E-state index in [0.717, 1.165) is 10.9 Å². The molecule has 0 amide bonds. The fourth-order valence-electron chi connectivity index (χ4n) is 1.54. The number of carbonyl (C=O) groups excluding carboxylic acids is 2. The lowest BCUT2D eigenvalue weighted by Gasteiger charge is -2.02.